The molecule has 0 N–H and O–H groups in total. The number of furan rings is 1. The van der Waals surface area contributed by atoms with Gasteiger partial charge in [0.1, 0.15) is 15.8 Å². The molecule has 2 saturated heterocycles. The van der Waals surface area contributed by atoms with Crippen molar-refractivity contribution in [3.05, 3.63) is 52.1 Å². The van der Waals surface area contributed by atoms with E-state index in [1.807, 2.05) is 36.4 Å². The Morgan fingerprint density at radius 1 is 1.35 bits per heavy atom. The molecule has 1 aromatic heterocycles. The normalized spacial score (nSPS) is 22.0. The van der Waals surface area contributed by atoms with Crippen LogP contribution >= 0.6 is 35.6 Å². The van der Waals surface area contributed by atoms with Crippen molar-refractivity contribution in [3.63, 3.8) is 0 Å². The zero-order valence-corrected chi connectivity index (χ0v) is 16.2. The van der Waals surface area contributed by atoms with Crippen molar-refractivity contribution < 1.29 is 13.9 Å². The first-order valence-electron chi connectivity index (χ1n) is 8.33. The average molecular weight is 406 g/mol. The fraction of sp³-hybridized carbons (Fsp3) is 0.263. The highest BCUT2D eigenvalue weighted by Gasteiger charge is 2.34. The van der Waals surface area contributed by atoms with E-state index in [9.17, 15) is 4.79 Å². The van der Waals surface area contributed by atoms with Gasteiger partial charge in [-0.25, -0.2) is 0 Å². The Hall–Kier alpha value is -1.60. The number of thioether (sulfide) groups is 1. The zero-order valence-electron chi connectivity index (χ0n) is 13.8. The summed E-state index contributed by atoms with van der Waals surface area (Å²) in [6.07, 6.45) is 3.82. The summed E-state index contributed by atoms with van der Waals surface area (Å²) in [4.78, 5) is 14.9. The number of rotatable bonds is 4. The molecule has 2 aromatic rings. The number of nitrogens with zero attached hydrogens (tertiary/aromatic N) is 1. The molecule has 1 atom stereocenters. The molecule has 0 saturated carbocycles. The smallest absolute Gasteiger partial charge is 0.266 e. The highest BCUT2D eigenvalue weighted by atomic mass is 35.5. The fourth-order valence-corrected chi connectivity index (χ4v) is 4.45. The van der Waals surface area contributed by atoms with Gasteiger partial charge in [-0.2, -0.15) is 0 Å². The zero-order chi connectivity index (χ0) is 18.1. The maximum Gasteiger partial charge on any atom is 0.266 e. The van der Waals surface area contributed by atoms with E-state index in [4.69, 9.17) is 33.0 Å². The molecule has 0 aliphatic carbocycles. The van der Waals surface area contributed by atoms with Crippen LogP contribution in [0.15, 0.2) is 45.7 Å². The van der Waals surface area contributed by atoms with Crippen LogP contribution in [0.25, 0.3) is 17.4 Å². The second kappa shape index (κ2) is 7.56. The lowest BCUT2D eigenvalue weighted by Gasteiger charge is -2.18. The standard InChI is InChI=1S/C19H16ClNO3S2/c20-13-4-1-3-12(9-13)16-7-6-14(24-16)10-17-18(22)21(19(25)26-17)11-15-5-2-8-23-15/h1,3-4,6-7,9-10,15H,2,5,8,11H2/b17-10-/t15-/m1/s1. The van der Waals surface area contributed by atoms with Gasteiger partial charge < -0.3 is 9.15 Å². The molecule has 0 unspecified atom stereocenters. The summed E-state index contributed by atoms with van der Waals surface area (Å²) in [5, 5.41) is 0.649. The molecule has 4 nitrogen and oxygen atoms in total. The molecule has 0 radical (unpaired) electrons. The number of halogens is 1. The van der Waals surface area contributed by atoms with E-state index < -0.39 is 0 Å². The topological polar surface area (TPSA) is 42.7 Å². The van der Waals surface area contributed by atoms with Gasteiger partial charge in [0.05, 0.1) is 17.6 Å². The summed E-state index contributed by atoms with van der Waals surface area (Å²) in [6.45, 7) is 1.28. The van der Waals surface area contributed by atoms with E-state index >= 15 is 0 Å². The fourth-order valence-electron chi connectivity index (χ4n) is 3.01. The van der Waals surface area contributed by atoms with Crippen LogP contribution < -0.4 is 0 Å². The van der Waals surface area contributed by atoms with Crippen LogP contribution in [0.5, 0.6) is 0 Å². The number of amides is 1. The summed E-state index contributed by atoms with van der Waals surface area (Å²) in [6, 6.07) is 11.2. The van der Waals surface area contributed by atoms with E-state index in [2.05, 4.69) is 0 Å². The molecule has 3 heterocycles. The van der Waals surface area contributed by atoms with Crippen molar-refractivity contribution >= 4 is 51.9 Å². The largest absolute Gasteiger partial charge is 0.457 e. The quantitative estimate of drug-likeness (QED) is 0.530. The minimum absolute atomic E-state index is 0.0786. The predicted octanol–water partition coefficient (Wildman–Crippen LogP) is 4.98. The van der Waals surface area contributed by atoms with Crippen LogP contribution in [-0.2, 0) is 9.53 Å². The van der Waals surface area contributed by atoms with Crippen molar-refractivity contribution in [2.24, 2.45) is 0 Å². The Morgan fingerprint density at radius 3 is 3.00 bits per heavy atom. The lowest BCUT2D eigenvalue weighted by Crippen LogP contribution is -2.35. The molecule has 4 rings (SSSR count). The molecule has 134 valence electrons. The third-order valence-corrected chi connectivity index (χ3v) is 5.91. The highest BCUT2D eigenvalue weighted by Crippen LogP contribution is 2.34. The second-order valence-electron chi connectivity index (χ2n) is 6.14. The molecule has 1 aromatic carbocycles. The number of hydrogen-bond donors (Lipinski definition) is 0. The molecular weight excluding hydrogens is 390 g/mol. The maximum atomic E-state index is 12.7. The van der Waals surface area contributed by atoms with Gasteiger partial charge in [-0.05, 0) is 37.1 Å². The van der Waals surface area contributed by atoms with Crippen molar-refractivity contribution in [2.75, 3.05) is 13.2 Å². The number of benzene rings is 1. The predicted molar refractivity (Wildman–Crippen MR) is 108 cm³/mol. The summed E-state index contributed by atoms with van der Waals surface area (Å²) in [5.41, 5.74) is 0.892. The maximum absolute atomic E-state index is 12.7. The monoisotopic (exact) mass is 405 g/mol. The minimum Gasteiger partial charge on any atom is -0.457 e. The van der Waals surface area contributed by atoms with Crippen LogP contribution in [0.4, 0.5) is 0 Å². The molecule has 1 amide bonds. The molecule has 0 bridgehead atoms. The van der Waals surface area contributed by atoms with Crippen molar-refractivity contribution in [2.45, 2.75) is 18.9 Å². The molecule has 0 spiro atoms. The van der Waals surface area contributed by atoms with Crippen LogP contribution in [0.2, 0.25) is 5.02 Å². The number of ether oxygens (including phenoxy) is 1. The third kappa shape index (κ3) is 3.74. The SMILES string of the molecule is O=C1/C(=C/c2ccc(-c3cccc(Cl)c3)o2)SC(=S)N1C[C@H]1CCCO1. The number of carbonyl (C=O) groups excluding carboxylic acids is 1. The summed E-state index contributed by atoms with van der Waals surface area (Å²) in [7, 11) is 0. The molecule has 2 aliphatic heterocycles. The van der Waals surface area contributed by atoms with E-state index in [1.54, 1.807) is 11.0 Å². The number of carbonyl (C=O) groups is 1. The van der Waals surface area contributed by atoms with Crippen molar-refractivity contribution in [1.29, 1.82) is 0 Å². The number of thiocarbonyl (C=S) groups is 1. The Balaban J connectivity index is 1.51. The first-order chi connectivity index (χ1) is 12.6. The summed E-state index contributed by atoms with van der Waals surface area (Å²) < 4.78 is 12.0. The third-order valence-electron chi connectivity index (χ3n) is 4.29. The van der Waals surface area contributed by atoms with Gasteiger partial charge in [0.15, 0.2) is 0 Å². The van der Waals surface area contributed by atoms with Crippen molar-refractivity contribution in [1.82, 2.24) is 4.90 Å². The lowest BCUT2D eigenvalue weighted by atomic mass is 10.2. The van der Waals surface area contributed by atoms with Gasteiger partial charge in [-0.15, -0.1) is 0 Å². The Bertz CT molecular complexity index is 886. The van der Waals surface area contributed by atoms with Crippen molar-refractivity contribution in [3.8, 4) is 11.3 Å². The number of hydrogen-bond acceptors (Lipinski definition) is 5. The van der Waals surface area contributed by atoms with Gasteiger partial charge in [0, 0.05) is 23.3 Å². The van der Waals surface area contributed by atoms with E-state index in [-0.39, 0.29) is 12.0 Å². The summed E-state index contributed by atoms with van der Waals surface area (Å²) >= 11 is 12.7. The average Bonchev–Trinajstić information content (AvgIpc) is 3.34. The first-order valence-corrected chi connectivity index (χ1v) is 9.93. The van der Waals surface area contributed by atoms with Gasteiger partial charge in [-0.3, -0.25) is 9.69 Å². The minimum atomic E-state index is -0.0868. The van der Waals surface area contributed by atoms with Crippen LogP contribution in [0.3, 0.4) is 0 Å². The van der Waals surface area contributed by atoms with E-state index in [1.165, 1.54) is 11.8 Å². The lowest BCUT2D eigenvalue weighted by molar-refractivity contribution is -0.123. The van der Waals surface area contributed by atoms with E-state index in [0.717, 1.165) is 25.0 Å². The Morgan fingerprint density at radius 2 is 2.23 bits per heavy atom. The second-order valence-corrected chi connectivity index (χ2v) is 8.25. The summed E-state index contributed by atoms with van der Waals surface area (Å²) in [5.74, 6) is 1.22. The molecular formula is C19H16ClNO3S2. The van der Waals surface area contributed by atoms with Gasteiger partial charge in [-0.1, -0.05) is 47.7 Å². The molecule has 26 heavy (non-hydrogen) atoms. The Kier molecular flexibility index (Phi) is 5.18. The molecule has 7 heteroatoms. The first kappa shape index (κ1) is 17.8. The van der Waals surface area contributed by atoms with Gasteiger partial charge in [0.2, 0.25) is 0 Å². The molecule has 2 fully saturated rings. The molecule has 2 aliphatic rings. The van der Waals surface area contributed by atoms with Crippen LogP contribution in [0, 0.1) is 0 Å². The van der Waals surface area contributed by atoms with Gasteiger partial charge in [0.25, 0.3) is 5.91 Å². The Labute approximate surface area is 166 Å². The van der Waals surface area contributed by atoms with E-state index in [0.29, 0.717) is 32.3 Å². The van der Waals surface area contributed by atoms with Crippen LogP contribution in [0.1, 0.15) is 18.6 Å². The highest BCUT2D eigenvalue weighted by molar-refractivity contribution is 8.26. The van der Waals surface area contributed by atoms with Gasteiger partial charge >= 0.3 is 0 Å². The van der Waals surface area contributed by atoms with Crippen LogP contribution in [-0.4, -0.2) is 34.4 Å².